The van der Waals surface area contributed by atoms with Gasteiger partial charge in [-0.25, -0.2) is 0 Å². The van der Waals surface area contributed by atoms with E-state index in [9.17, 15) is 25.2 Å². The van der Waals surface area contributed by atoms with Gasteiger partial charge < -0.3 is 25.7 Å². The molecule has 5 N–H and O–H groups in total. The fourth-order valence-corrected chi connectivity index (χ4v) is 4.60. The summed E-state index contributed by atoms with van der Waals surface area (Å²) in [5.74, 6) is -0.606. The Morgan fingerprint density at radius 3 is 1.55 bits per heavy atom. The Labute approximate surface area is 246 Å². The van der Waals surface area contributed by atoms with Crippen LogP contribution in [0.2, 0.25) is 0 Å². The van der Waals surface area contributed by atoms with Gasteiger partial charge in [-0.3, -0.25) is 4.79 Å². The average molecular weight is 566 g/mol. The first-order chi connectivity index (χ1) is 19.5. The molecular formula is C34H63NO5. The summed E-state index contributed by atoms with van der Waals surface area (Å²) in [5.41, 5.74) is 0. The first kappa shape index (κ1) is 38.5. The van der Waals surface area contributed by atoms with Crippen molar-refractivity contribution in [1.82, 2.24) is 5.32 Å². The predicted octanol–water partition coefficient (Wildman–Crippen LogP) is 7.06. The van der Waals surface area contributed by atoms with Crippen LogP contribution in [0.15, 0.2) is 36.5 Å². The summed E-state index contributed by atoms with van der Waals surface area (Å²) < 4.78 is 0. The third kappa shape index (κ3) is 23.3. The number of hydrogen-bond donors (Lipinski definition) is 5. The minimum Gasteiger partial charge on any atom is -0.394 e. The maximum absolute atomic E-state index is 12.3. The van der Waals surface area contributed by atoms with E-state index in [4.69, 9.17) is 0 Å². The van der Waals surface area contributed by atoms with E-state index in [1.807, 2.05) is 0 Å². The second-order valence-electron chi connectivity index (χ2n) is 11.1. The van der Waals surface area contributed by atoms with Crippen molar-refractivity contribution in [3.05, 3.63) is 36.5 Å². The Kier molecular flexibility index (Phi) is 28.0. The Bertz CT molecular complexity index is 648. The molecule has 6 heteroatoms. The number of carbonyl (C=O) groups is 1. The predicted molar refractivity (Wildman–Crippen MR) is 168 cm³/mol. The lowest BCUT2D eigenvalue weighted by atomic mass is 10.00. The topological polar surface area (TPSA) is 110 Å². The normalized spacial score (nSPS) is 15.2. The monoisotopic (exact) mass is 565 g/mol. The quantitative estimate of drug-likeness (QED) is 0.0515. The van der Waals surface area contributed by atoms with Gasteiger partial charge in [0, 0.05) is 0 Å². The summed E-state index contributed by atoms with van der Waals surface area (Å²) in [6.07, 6.45) is 30.2. The fourth-order valence-electron chi connectivity index (χ4n) is 4.60. The van der Waals surface area contributed by atoms with Crippen LogP contribution in [0.5, 0.6) is 0 Å². The molecule has 0 rings (SSSR count). The summed E-state index contributed by atoms with van der Waals surface area (Å²) in [7, 11) is 0. The highest BCUT2D eigenvalue weighted by molar-refractivity contribution is 5.80. The minimum absolute atomic E-state index is 0.358. The van der Waals surface area contributed by atoms with Crippen molar-refractivity contribution in [1.29, 1.82) is 0 Å². The molecule has 6 nitrogen and oxygen atoms in total. The fraction of sp³-hybridized carbons (Fsp3) is 0.794. The third-order valence-corrected chi connectivity index (χ3v) is 7.31. The van der Waals surface area contributed by atoms with Gasteiger partial charge in [0.1, 0.15) is 12.2 Å². The largest absolute Gasteiger partial charge is 0.394 e. The Morgan fingerprint density at radius 2 is 1.05 bits per heavy atom. The maximum atomic E-state index is 12.3. The molecule has 0 heterocycles. The second kappa shape index (κ2) is 29.0. The summed E-state index contributed by atoms with van der Waals surface area (Å²) in [4.78, 5) is 12.3. The summed E-state index contributed by atoms with van der Waals surface area (Å²) in [6.45, 7) is 3.92. The zero-order chi connectivity index (χ0) is 29.7. The molecule has 0 spiro atoms. The van der Waals surface area contributed by atoms with Crippen molar-refractivity contribution in [2.75, 3.05) is 6.61 Å². The molecule has 0 bridgehead atoms. The molecule has 0 radical (unpaired) electrons. The van der Waals surface area contributed by atoms with Crippen LogP contribution < -0.4 is 5.32 Å². The molecule has 0 saturated heterocycles. The van der Waals surface area contributed by atoms with Crippen LogP contribution in [0.3, 0.4) is 0 Å². The van der Waals surface area contributed by atoms with Gasteiger partial charge in [-0.05, 0) is 57.8 Å². The molecule has 0 saturated carbocycles. The van der Waals surface area contributed by atoms with Crippen molar-refractivity contribution >= 4 is 5.91 Å². The van der Waals surface area contributed by atoms with E-state index in [2.05, 4.69) is 55.6 Å². The standard InChI is InChI=1S/C34H63NO5/c1-3-5-7-9-11-13-14-15-16-17-18-20-21-23-25-27-31(37)33(39)30(29-36)35-34(40)32(38)28-26-24-22-19-12-10-8-6-4-2/h9,11,15-16,20-21,30-33,36-39H,3-8,10,12-14,17-19,22-29H2,1-2H3,(H,35,40)/b11-9+,16-15+,21-20+. The van der Waals surface area contributed by atoms with Crippen LogP contribution in [-0.4, -0.2) is 57.3 Å². The molecule has 0 aliphatic carbocycles. The number of unbranched alkanes of at least 4 members (excludes halogenated alkanes) is 13. The van der Waals surface area contributed by atoms with Crippen molar-refractivity contribution in [2.45, 2.75) is 167 Å². The van der Waals surface area contributed by atoms with Crippen molar-refractivity contribution < 1.29 is 25.2 Å². The van der Waals surface area contributed by atoms with Crippen molar-refractivity contribution in [2.24, 2.45) is 0 Å². The van der Waals surface area contributed by atoms with E-state index in [-0.39, 0.29) is 0 Å². The Hall–Kier alpha value is -1.47. The van der Waals surface area contributed by atoms with E-state index in [0.29, 0.717) is 19.3 Å². The van der Waals surface area contributed by atoms with Crippen LogP contribution in [0.4, 0.5) is 0 Å². The molecule has 40 heavy (non-hydrogen) atoms. The molecule has 4 unspecified atom stereocenters. The van der Waals surface area contributed by atoms with E-state index in [1.165, 1.54) is 57.8 Å². The number of carbonyl (C=O) groups excluding carboxylic acids is 1. The second-order valence-corrected chi connectivity index (χ2v) is 11.1. The average Bonchev–Trinajstić information content (AvgIpc) is 2.96. The van der Waals surface area contributed by atoms with Gasteiger partial charge in [0.05, 0.1) is 18.8 Å². The third-order valence-electron chi connectivity index (χ3n) is 7.31. The van der Waals surface area contributed by atoms with Crippen molar-refractivity contribution in [3.63, 3.8) is 0 Å². The van der Waals surface area contributed by atoms with E-state index in [0.717, 1.165) is 51.4 Å². The van der Waals surface area contributed by atoms with E-state index < -0.39 is 36.9 Å². The van der Waals surface area contributed by atoms with Gasteiger partial charge in [-0.2, -0.15) is 0 Å². The first-order valence-electron chi connectivity index (χ1n) is 16.4. The van der Waals surface area contributed by atoms with Crippen LogP contribution in [-0.2, 0) is 4.79 Å². The molecule has 0 fully saturated rings. The zero-order valence-electron chi connectivity index (χ0n) is 25.8. The highest BCUT2D eigenvalue weighted by Gasteiger charge is 2.28. The maximum Gasteiger partial charge on any atom is 0.249 e. The van der Waals surface area contributed by atoms with Gasteiger partial charge in [0.15, 0.2) is 0 Å². The van der Waals surface area contributed by atoms with Crippen LogP contribution in [0.25, 0.3) is 0 Å². The highest BCUT2D eigenvalue weighted by Crippen LogP contribution is 2.13. The molecule has 0 aromatic carbocycles. The Morgan fingerprint density at radius 1 is 0.600 bits per heavy atom. The van der Waals surface area contributed by atoms with Crippen LogP contribution in [0.1, 0.15) is 142 Å². The minimum atomic E-state index is -1.29. The molecule has 234 valence electrons. The molecule has 0 aromatic heterocycles. The van der Waals surface area contributed by atoms with Gasteiger partial charge in [0.25, 0.3) is 0 Å². The highest BCUT2D eigenvalue weighted by atomic mass is 16.3. The number of allylic oxidation sites excluding steroid dienone is 6. The van der Waals surface area contributed by atoms with Gasteiger partial charge in [-0.15, -0.1) is 0 Å². The first-order valence-corrected chi connectivity index (χ1v) is 16.4. The van der Waals surface area contributed by atoms with E-state index >= 15 is 0 Å². The lowest BCUT2D eigenvalue weighted by Crippen LogP contribution is -2.53. The van der Waals surface area contributed by atoms with Crippen molar-refractivity contribution in [3.8, 4) is 0 Å². The van der Waals surface area contributed by atoms with Gasteiger partial charge in [0.2, 0.25) is 5.91 Å². The van der Waals surface area contributed by atoms with Gasteiger partial charge in [-0.1, -0.05) is 121 Å². The molecule has 0 aliphatic heterocycles. The molecular weight excluding hydrogens is 502 g/mol. The summed E-state index contributed by atoms with van der Waals surface area (Å²) >= 11 is 0. The lowest BCUT2D eigenvalue weighted by molar-refractivity contribution is -0.132. The van der Waals surface area contributed by atoms with Crippen LogP contribution >= 0.6 is 0 Å². The number of rotatable bonds is 28. The number of nitrogens with one attached hydrogen (secondary N) is 1. The van der Waals surface area contributed by atoms with E-state index in [1.54, 1.807) is 0 Å². The zero-order valence-corrected chi connectivity index (χ0v) is 25.8. The summed E-state index contributed by atoms with van der Waals surface area (Å²) in [5, 5.41) is 43.1. The van der Waals surface area contributed by atoms with Gasteiger partial charge >= 0.3 is 0 Å². The Balaban J connectivity index is 3.98. The molecule has 0 aliphatic rings. The number of amides is 1. The number of aliphatic hydroxyl groups excluding tert-OH is 4. The smallest absolute Gasteiger partial charge is 0.249 e. The molecule has 4 atom stereocenters. The summed E-state index contributed by atoms with van der Waals surface area (Å²) in [6, 6.07) is -1.01. The van der Waals surface area contributed by atoms with Crippen LogP contribution in [0, 0.1) is 0 Å². The lowest BCUT2D eigenvalue weighted by Gasteiger charge is -2.27. The number of aliphatic hydroxyl groups is 4. The molecule has 0 aromatic rings. The SMILES string of the molecule is CCCC/C=C/CC/C=C/CC/C=C/CCCC(O)C(O)C(CO)NC(=O)C(O)CCCCCCCCCCC. The number of hydrogen-bond acceptors (Lipinski definition) is 5. The molecule has 1 amide bonds.